The van der Waals surface area contributed by atoms with Gasteiger partial charge in [0.05, 0.1) is 17.5 Å². The molecule has 0 radical (unpaired) electrons. The SMILES string of the molecule is Cc1nc2cc(CC(=O)NCCc3cccs3)ccc2n1C. The van der Waals surface area contributed by atoms with Gasteiger partial charge in [0.15, 0.2) is 0 Å². The summed E-state index contributed by atoms with van der Waals surface area (Å²) in [6, 6.07) is 10.2. The smallest absolute Gasteiger partial charge is 0.224 e. The fourth-order valence-electron chi connectivity index (χ4n) is 2.50. The molecular formula is C17H19N3OS. The first-order valence-electron chi connectivity index (χ1n) is 7.34. The molecule has 1 N–H and O–H groups in total. The number of hydrogen-bond acceptors (Lipinski definition) is 3. The molecule has 4 nitrogen and oxygen atoms in total. The van der Waals surface area contributed by atoms with E-state index in [0.717, 1.165) is 28.8 Å². The van der Waals surface area contributed by atoms with Crippen LogP contribution in [0.15, 0.2) is 35.7 Å². The van der Waals surface area contributed by atoms with Gasteiger partial charge in [-0.2, -0.15) is 0 Å². The number of carbonyl (C=O) groups excluding carboxylic acids is 1. The molecule has 114 valence electrons. The minimum Gasteiger partial charge on any atom is -0.355 e. The Morgan fingerprint density at radius 2 is 2.23 bits per heavy atom. The van der Waals surface area contributed by atoms with Crippen LogP contribution in [-0.2, 0) is 24.7 Å². The zero-order valence-corrected chi connectivity index (χ0v) is 13.6. The van der Waals surface area contributed by atoms with Gasteiger partial charge in [0.1, 0.15) is 5.82 Å². The zero-order chi connectivity index (χ0) is 15.5. The number of carbonyl (C=O) groups is 1. The Morgan fingerprint density at radius 3 is 3.00 bits per heavy atom. The number of hydrogen-bond donors (Lipinski definition) is 1. The summed E-state index contributed by atoms with van der Waals surface area (Å²) in [7, 11) is 2.00. The van der Waals surface area contributed by atoms with Crippen LogP contribution in [0.5, 0.6) is 0 Å². The van der Waals surface area contributed by atoms with Crippen LogP contribution in [0.1, 0.15) is 16.3 Å². The zero-order valence-electron chi connectivity index (χ0n) is 12.8. The molecule has 22 heavy (non-hydrogen) atoms. The quantitative estimate of drug-likeness (QED) is 0.787. The molecule has 0 fully saturated rings. The molecule has 3 aromatic rings. The van der Waals surface area contributed by atoms with Gasteiger partial charge >= 0.3 is 0 Å². The maximum atomic E-state index is 12.0. The molecule has 1 amide bonds. The van der Waals surface area contributed by atoms with E-state index < -0.39 is 0 Å². The summed E-state index contributed by atoms with van der Waals surface area (Å²) in [6.07, 6.45) is 1.29. The van der Waals surface area contributed by atoms with Crippen LogP contribution in [-0.4, -0.2) is 22.0 Å². The molecular weight excluding hydrogens is 294 g/mol. The van der Waals surface area contributed by atoms with Gasteiger partial charge in [0.25, 0.3) is 0 Å². The van der Waals surface area contributed by atoms with Crippen LogP contribution in [0.2, 0.25) is 0 Å². The summed E-state index contributed by atoms with van der Waals surface area (Å²) in [5, 5.41) is 5.03. The van der Waals surface area contributed by atoms with E-state index in [-0.39, 0.29) is 5.91 Å². The molecule has 5 heteroatoms. The molecule has 0 saturated heterocycles. The van der Waals surface area contributed by atoms with Gasteiger partial charge in [-0.1, -0.05) is 12.1 Å². The normalized spacial score (nSPS) is 11.0. The Kier molecular flexibility index (Phi) is 4.24. The minimum atomic E-state index is 0.0589. The number of benzene rings is 1. The largest absolute Gasteiger partial charge is 0.355 e. The highest BCUT2D eigenvalue weighted by atomic mass is 32.1. The van der Waals surface area contributed by atoms with E-state index in [4.69, 9.17) is 0 Å². The van der Waals surface area contributed by atoms with Crippen LogP contribution < -0.4 is 5.32 Å². The van der Waals surface area contributed by atoms with Crippen molar-refractivity contribution in [3.63, 3.8) is 0 Å². The van der Waals surface area contributed by atoms with Gasteiger partial charge in [-0.3, -0.25) is 4.79 Å². The number of aromatic nitrogens is 2. The highest BCUT2D eigenvalue weighted by Gasteiger charge is 2.08. The predicted octanol–water partition coefficient (Wildman–Crippen LogP) is 2.84. The number of amides is 1. The van der Waals surface area contributed by atoms with Crippen molar-refractivity contribution < 1.29 is 4.79 Å². The summed E-state index contributed by atoms with van der Waals surface area (Å²) < 4.78 is 2.06. The van der Waals surface area contributed by atoms with Crippen LogP contribution >= 0.6 is 11.3 Å². The van der Waals surface area contributed by atoms with Crippen LogP contribution in [0.25, 0.3) is 11.0 Å². The molecule has 3 rings (SSSR count). The molecule has 0 aliphatic rings. The minimum absolute atomic E-state index is 0.0589. The predicted molar refractivity (Wildman–Crippen MR) is 90.2 cm³/mol. The summed E-state index contributed by atoms with van der Waals surface area (Å²) in [4.78, 5) is 17.8. The number of thiophene rings is 1. The van der Waals surface area contributed by atoms with Crippen molar-refractivity contribution in [2.45, 2.75) is 19.8 Å². The van der Waals surface area contributed by atoms with Crippen molar-refractivity contribution in [2.24, 2.45) is 7.05 Å². The van der Waals surface area contributed by atoms with Gasteiger partial charge in [-0.15, -0.1) is 11.3 Å². The molecule has 0 atom stereocenters. The molecule has 1 aromatic carbocycles. The number of fused-ring (bicyclic) bond motifs is 1. The fraction of sp³-hybridized carbons (Fsp3) is 0.294. The molecule has 0 spiro atoms. The Hall–Kier alpha value is -2.14. The standard InChI is InChI=1S/C17H19N3OS/c1-12-19-15-10-13(5-6-16(15)20(12)2)11-17(21)18-8-7-14-4-3-9-22-14/h3-6,9-10H,7-8,11H2,1-2H3,(H,18,21). The van der Waals surface area contributed by atoms with E-state index in [1.807, 2.05) is 38.2 Å². The van der Waals surface area contributed by atoms with E-state index in [0.29, 0.717) is 13.0 Å². The lowest BCUT2D eigenvalue weighted by molar-refractivity contribution is -0.120. The first-order chi connectivity index (χ1) is 10.6. The van der Waals surface area contributed by atoms with Gasteiger partial charge < -0.3 is 9.88 Å². The Labute approximate surface area is 133 Å². The fourth-order valence-corrected chi connectivity index (χ4v) is 3.21. The topological polar surface area (TPSA) is 46.9 Å². The maximum Gasteiger partial charge on any atom is 0.224 e. The average Bonchev–Trinajstić information content (AvgIpc) is 3.08. The lowest BCUT2D eigenvalue weighted by Gasteiger charge is -2.05. The Balaban J connectivity index is 1.59. The van der Waals surface area contributed by atoms with Crippen LogP contribution in [0, 0.1) is 6.92 Å². The third-order valence-electron chi connectivity index (χ3n) is 3.81. The Morgan fingerprint density at radius 1 is 1.36 bits per heavy atom. The number of imidazole rings is 1. The summed E-state index contributed by atoms with van der Waals surface area (Å²) in [5.74, 6) is 1.04. The van der Waals surface area contributed by atoms with E-state index >= 15 is 0 Å². The monoisotopic (exact) mass is 313 g/mol. The first kappa shape index (κ1) is 14.8. The van der Waals surface area contributed by atoms with Crippen molar-refractivity contribution >= 4 is 28.3 Å². The lowest BCUT2D eigenvalue weighted by Crippen LogP contribution is -2.27. The molecule has 0 saturated carbocycles. The number of aryl methyl sites for hydroxylation is 2. The van der Waals surface area contributed by atoms with E-state index in [1.54, 1.807) is 11.3 Å². The van der Waals surface area contributed by atoms with Crippen molar-refractivity contribution in [1.29, 1.82) is 0 Å². The highest BCUT2D eigenvalue weighted by molar-refractivity contribution is 7.09. The summed E-state index contributed by atoms with van der Waals surface area (Å²) >= 11 is 1.72. The Bertz CT molecular complexity index is 790. The van der Waals surface area contributed by atoms with Gasteiger partial charge in [-0.05, 0) is 42.5 Å². The third-order valence-corrected chi connectivity index (χ3v) is 4.74. The molecule has 2 heterocycles. The lowest BCUT2D eigenvalue weighted by atomic mass is 10.1. The van der Waals surface area contributed by atoms with E-state index in [9.17, 15) is 4.79 Å². The van der Waals surface area contributed by atoms with Crippen molar-refractivity contribution in [2.75, 3.05) is 6.54 Å². The molecule has 0 unspecified atom stereocenters. The first-order valence-corrected chi connectivity index (χ1v) is 8.22. The van der Waals surface area contributed by atoms with Crippen LogP contribution in [0.4, 0.5) is 0 Å². The summed E-state index contributed by atoms with van der Waals surface area (Å²) in [5.41, 5.74) is 3.04. The van der Waals surface area contributed by atoms with E-state index in [2.05, 4.69) is 26.3 Å². The van der Waals surface area contributed by atoms with Crippen molar-refractivity contribution in [3.05, 3.63) is 52.0 Å². The number of nitrogens with zero attached hydrogens (tertiary/aromatic N) is 2. The van der Waals surface area contributed by atoms with Gasteiger partial charge in [0.2, 0.25) is 5.91 Å². The number of rotatable bonds is 5. The van der Waals surface area contributed by atoms with Crippen LogP contribution in [0.3, 0.4) is 0 Å². The second-order valence-electron chi connectivity index (χ2n) is 5.40. The molecule has 0 bridgehead atoms. The van der Waals surface area contributed by atoms with Gasteiger partial charge in [0, 0.05) is 18.5 Å². The number of nitrogens with one attached hydrogen (secondary N) is 1. The highest BCUT2D eigenvalue weighted by Crippen LogP contribution is 2.16. The molecule has 2 aromatic heterocycles. The second kappa shape index (κ2) is 6.32. The maximum absolute atomic E-state index is 12.0. The van der Waals surface area contributed by atoms with Crippen molar-refractivity contribution in [3.8, 4) is 0 Å². The third kappa shape index (κ3) is 3.20. The second-order valence-corrected chi connectivity index (χ2v) is 6.43. The molecule has 0 aliphatic heterocycles. The van der Waals surface area contributed by atoms with E-state index in [1.165, 1.54) is 4.88 Å². The average molecular weight is 313 g/mol. The molecule has 0 aliphatic carbocycles. The van der Waals surface area contributed by atoms with Gasteiger partial charge in [-0.25, -0.2) is 4.98 Å². The van der Waals surface area contributed by atoms with Crippen molar-refractivity contribution in [1.82, 2.24) is 14.9 Å². The summed E-state index contributed by atoms with van der Waals surface area (Å²) in [6.45, 7) is 2.67.